The molecule has 6 nitrogen and oxygen atoms in total. The second-order valence-electron chi connectivity index (χ2n) is 7.23. The number of aromatic nitrogens is 1. The van der Waals surface area contributed by atoms with Gasteiger partial charge in [-0.15, -0.1) is 0 Å². The summed E-state index contributed by atoms with van der Waals surface area (Å²) in [7, 11) is 0. The second-order valence-corrected chi connectivity index (χ2v) is 7.67. The Morgan fingerprint density at radius 2 is 2.07 bits per heavy atom. The molecule has 2 aromatic rings. The highest BCUT2D eigenvalue weighted by Crippen LogP contribution is 2.20. The smallest absolute Gasteiger partial charge is 0.0918 e. The normalized spacial score (nSPS) is 16.6. The quantitative estimate of drug-likeness (QED) is 0.447. The Balaban J connectivity index is 1.47. The number of H-pyrrole nitrogens is 1. The molecule has 150 valence electrons. The first kappa shape index (κ1) is 20.0. The number of nitrogens with one attached hydrogen (secondary N) is 4. The molecule has 3 rings (SSSR count). The van der Waals surface area contributed by atoms with E-state index in [1.54, 1.807) is 0 Å². The van der Waals surface area contributed by atoms with Crippen molar-refractivity contribution < 1.29 is 0 Å². The number of likely N-dealkylation sites (tertiary alicyclic amines) is 1. The van der Waals surface area contributed by atoms with Crippen molar-refractivity contribution in [1.29, 1.82) is 0 Å². The van der Waals surface area contributed by atoms with Gasteiger partial charge in [-0.2, -0.15) is 0 Å². The van der Waals surface area contributed by atoms with Gasteiger partial charge in [0.2, 0.25) is 0 Å². The van der Waals surface area contributed by atoms with E-state index in [1.807, 2.05) is 18.2 Å². The van der Waals surface area contributed by atoms with Gasteiger partial charge in [-0.25, -0.2) is 0 Å². The zero-order valence-corrected chi connectivity index (χ0v) is 16.9. The lowest BCUT2D eigenvalue weighted by Gasteiger charge is -2.36. The molecule has 1 fully saturated rings. The van der Waals surface area contributed by atoms with Gasteiger partial charge in [0.25, 0.3) is 0 Å². The molecule has 1 aliphatic rings. The molecule has 1 saturated heterocycles. The summed E-state index contributed by atoms with van der Waals surface area (Å²) in [5.41, 5.74) is 8.76. The highest BCUT2D eigenvalue weighted by molar-refractivity contribution is 6.31. The predicted octanol–water partition coefficient (Wildman–Crippen LogP) is 2.97. The van der Waals surface area contributed by atoms with Gasteiger partial charge in [0.1, 0.15) is 0 Å². The molecular formula is C21H29ClN6. The van der Waals surface area contributed by atoms with Gasteiger partial charge in [-0.05, 0) is 37.1 Å². The van der Waals surface area contributed by atoms with Crippen LogP contribution in [0, 0.1) is 0 Å². The minimum atomic E-state index is 0.327. The molecule has 1 aromatic heterocycles. The van der Waals surface area contributed by atoms with Gasteiger partial charge < -0.3 is 31.6 Å². The number of piperidine rings is 1. The molecule has 2 heterocycles. The Hall–Kier alpha value is -2.73. The molecule has 0 amide bonds. The largest absolute Gasteiger partial charge is 0.386 e. The van der Waals surface area contributed by atoms with Crippen molar-refractivity contribution in [2.24, 2.45) is 5.73 Å². The SMILES string of the molecule is C=C(N)NCC(=C)N1CCCC(NC(=C)NCc2cc3cc(Cl)ccc3[nH]2)C1. The van der Waals surface area contributed by atoms with E-state index >= 15 is 0 Å². The van der Waals surface area contributed by atoms with Gasteiger partial charge >= 0.3 is 0 Å². The molecule has 0 radical (unpaired) electrons. The van der Waals surface area contributed by atoms with Crippen LogP contribution in [-0.2, 0) is 6.54 Å². The number of aromatic amines is 1. The highest BCUT2D eigenvalue weighted by atomic mass is 35.5. The molecule has 1 unspecified atom stereocenters. The Morgan fingerprint density at radius 1 is 1.25 bits per heavy atom. The lowest BCUT2D eigenvalue weighted by molar-refractivity contribution is 0.237. The van der Waals surface area contributed by atoms with E-state index in [0.29, 0.717) is 25.0 Å². The summed E-state index contributed by atoms with van der Waals surface area (Å²) in [5.74, 6) is 1.28. The monoisotopic (exact) mass is 400 g/mol. The summed E-state index contributed by atoms with van der Waals surface area (Å²) < 4.78 is 0. The number of rotatable bonds is 9. The lowest BCUT2D eigenvalue weighted by Crippen LogP contribution is -2.47. The third-order valence-electron chi connectivity index (χ3n) is 4.90. The lowest BCUT2D eigenvalue weighted by atomic mass is 10.1. The average Bonchev–Trinajstić information content (AvgIpc) is 3.06. The minimum absolute atomic E-state index is 0.327. The van der Waals surface area contributed by atoms with Crippen molar-refractivity contribution in [3.63, 3.8) is 0 Å². The summed E-state index contributed by atoms with van der Waals surface area (Å²) in [6.07, 6.45) is 2.21. The molecule has 6 N–H and O–H groups in total. The highest BCUT2D eigenvalue weighted by Gasteiger charge is 2.20. The van der Waals surface area contributed by atoms with Gasteiger partial charge in [0.05, 0.1) is 24.7 Å². The van der Waals surface area contributed by atoms with Crippen LogP contribution in [0.15, 0.2) is 61.3 Å². The van der Waals surface area contributed by atoms with E-state index in [2.05, 4.69) is 51.6 Å². The fourth-order valence-corrected chi connectivity index (χ4v) is 3.65. The first-order valence-corrected chi connectivity index (χ1v) is 9.86. The van der Waals surface area contributed by atoms with Crippen LogP contribution in [0.1, 0.15) is 18.5 Å². The Bertz CT molecular complexity index is 871. The zero-order chi connectivity index (χ0) is 20.1. The van der Waals surface area contributed by atoms with Crippen molar-refractivity contribution in [3.8, 4) is 0 Å². The first-order chi connectivity index (χ1) is 13.4. The fourth-order valence-electron chi connectivity index (χ4n) is 3.47. The third kappa shape index (κ3) is 5.39. The number of hydrogen-bond acceptors (Lipinski definition) is 5. The van der Waals surface area contributed by atoms with E-state index in [1.165, 1.54) is 0 Å². The summed E-state index contributed by atoms with van der Waals surface area (Å²) in [6, 6.07) is 8.27. The number of halogens is 1. The van der Waals surface area contributed by atoms with E-state index in [0.717, 1.165) is 59.1 Å². The maximum absolute atomic E-state index is 6.05. The van der Waals surface area contributed by atoms with E-state index in [-0.39, 0.29) is 0 Å². The van der Waals surface area contributed by atoms with Gasteiger partial charge in [0, 0.05) is 46.4 Å². The third-order valence-corrected chi connectivity index (χ3v) is 5.13. The van der Waals surface area contributed by atoms with Crippen molar-refractivity contribution in [1.82, 2.24) is 25.8 Å². The van der Waals surface area contributed by atoms with Gasteiger partial charge in [0.15, 0.2) is 0 Å². The molecule has 0 aliphatic carbocycles. The van der Waals surface area contributed by atoms with E-state index < -0.39 is 0 Å². The van der Waals surface area contributed by atoms with Crippen molar-refractivity contribution in [2.45, 2.75) is 25.4 Å². The van der Waals surface area contributed by atoms with E-state index in [4.69, 9.17) is 17.3 Å². The van der Waals surface area contributed by atoms with Crippen LogP contribution >= 0.6 is 11.6 Å². The van der Waals surface area contributed by atoms with Crippen LogP contribution in [0.25, 0.3) is 10.9 Å². The number of fused-ring (bicyclic) bond motifs is 1. The topological polar surface area (TPSA) is 81.1 Å². The molecule has 0 spiro atoms. The van der Waals surface area contributed by atoms with Crippen LogP contribution in [0.5, 0.6) is 0 Å². The van der Waals surface area contributed by atoms with Gasteiger partial charge in [-0.1, -0.05) is 31.3 Å². The molecule has 7 heteroatoms. The Kier molecular flexibility index (Phi) is 6.41. The standard InChI is InChI=1S/C21H29ClN6/c1-14(11-24-15(2)23)28-8-4-5-19(13-28)26-16(3)25-12-20-10-17-9-18(22)6-7-21(17)27-20/h6-7,9-10,19,24-27H,1-5,8,11-13,23H2. The molecule has 28 heavy (non-hydrogen) atoms. The van der Waals surface area contributed by atoms with Crippen LogP contribution in [-0.4, -0.2) is 35.6 Å². The molecule has 1 atom stereocenters. The van der Waals surface area contributed by atoms with Crippen LogP contribution in [0.4, 0.5) is 0 Å². The summed E-state index contributed by atoms with van der Waals surface area (Å²) in [4.78, 5) is 5.68. The fraction of sp³-hybridized carbons (Fsp3) is 0.333. The maximum atomic E-state index is 6.05. The molecular weight excluding hydrogens is 372 g/mol. The summed E-state index contributed by atoms with van der Waals surface area (Å²) in [6.45, 7) is 15.1. The Labute approximate surface area is 171 Å². The zero-order valence-electron chi connectivity index (χ0n) is 16.2. The molecule has 1 aromatic carbocycles. The van der Waals surface area contributed by atoms with Crippen LogP contribution in [0.2, 0.25) is 5.02 Å². The molecule has 1 aliphatic heterocycles. The number of benzene rings is 1. The van der Waals surface area contributed by atoms with Crippen molar-refractivity contribution >= 4 is 22.5 Å². The minimum Gasteiger partial charge on any atom is -0.386 e. The average molecular weight is 401 g/mol. The molecule has 0 bridgehead atoms. The van der Waals surface area contributed by atoms with Crippen LogP contribution in [0.3, 0.4) is 0 Å². The number of nitrogens with two attached hydrogens (primary N) is 1. The van der Waals surface area contributed by atoms with Gasteiger partial charge in [-0.3, -0.25) is 0 Å². The van der Waals surface area contributed by atoms with Crippen LogP contribution < -0.4 is 21.7 Å². The number of nitrogens with zero attached hydrogens (tertiary/aromatic N) is 1. The summed E-state index contributed by atoms with van der Waals surface area (Å²) in [5, 5.41) is 11.7. The maximum Gasteiger partial charge on any atom is 0.0918 e. The van der Waals surface area contributed by atoms with E-state index in [9.17, 15) is 0 Å². The summed E-state index contributed by atoms with van der Waals surface area (Å²) >= 11 is 6.05. The number of hydrogen-bond donors (Lipinski definition) is 5. The van der Waals surface area contributed by atoms with Crippen molar-refractivity contribution in [3.05, 3.63) is 72.1 Å². The predicted molar refractivity (Wildman–Crippen MR) is 117 cm³/mol. The van der Waals surface area contributed by atoms with Crippen molar-refractivity contribution in [2.75, 3.05) is 19.6 Å². The second kappa shape index (κ2) is 8.97. The molecule has 0 saturated carbocycles. The Morgan fingerprint density at radius 3 is 2.86 bits per heavy atom. The first-order valence-electron chi connectivity index (χ1n) is 9.48.